The van der Waals surface area contributed by atoms with E-state index in [1.54, 1.807) is 20.8 Å². The van der Waals surface area contributed by atoms with Gasteiger partial charge in [0.15, 0.2) is 11.9 Å². The van der Waals surface area contributed by atoms with E-state index in [4.69, 9.17) is 16.3 Å². The predicted octanol–water partition coefficient (Wildman–Crippen LogP) is 1.78. The second-order valence-electron chi connectivity index (χ2n) is 7.51. The highest BCUT2D eigenvalue weighted by atomic mass is 35.5. The van der Waals surface area contributed by atoms with E-state index >= 15 is 0 Å². The van der Waals surface area contributed by atoms with Crippen molar-refractivity contribution in [3.8, 4) is 0 Å². The monoisotopic (exact) mass is 422 g/mol. The van der Waals surface area contributed by atoms with Crippen LogP contribution in [0, 0.1) is 5.41 Å². The first kappa shape index (κ1) is 22.0. The zero-order chi connectivity index (χ0) is 21.3. The third-order valence-corrected chi connectivity index (χ3v) is 4.37. The van der Waals surface area contributed by atoms with Crippen LogP contribution in [0.15, 0.2) is 0 Å². The van der Waals surface area contributed by atoms with Crippen molar-refractivity contribution in [2.75, 3.05) is 6.61 Å². The summed E-state index contributed by atoms with van der Waals surface area (Å²) in [7, 11) is 0. The molecule has 2 rings (SSSR count). The van der Waals surface area contributed by atoms with Crippen molar-refractivity contribution in [3.63, 3.8) is 0 Å². The molecule has 28 heavy (non-hydrogen) atoms. The van der Waals surface area contributed by atoms with Crippen LogP contribution in [0.4, 0.5) is 8.78 Å². The molecular formula is C16H21ClF2N4O5. The summed E-state index contributed by atoms with van der Waals surface area (Å²) in [5.74, 6) is -6.00. The Morgan fingerprint density at radius 1 is 1.25 bits per heavy atom. The number of ether oxygens (including phenoxy) is 2. The molecule has 1 aromatic heterocycles. The van der Waals surface area contributed by atoms with Gasteiger partial charge in [-0.15, -0.1) is 5.10 Å². The molecule has 0 bridgehead atoms. The van der Waals surface area contributed by atoms with E-state index < -0.39 is 47.6 Å². The lowest BCUT2D eigenvalue weighted by molar-refractivity contribution is -0.165. The maximum Gasteiger partial charge on any atom is 0.396 e. The van der Waals surface area contributed by atoms with Crippen molar-refractivity contribution in [1.82, 2.24) is 20.3 Å². The van der Waals surface area contributed by atoms with Crippen molar-refractivity contribution in [1.29, 1.82) is 0 Å². The van der Waals surface area contributed by atoms with E-state index in [9.17, 15) is 23.2 Å². The Balaban J connectivity index is 2.22. The number of halogens is 3. The van der Waals surface area contributed by atoms with Gasteiger partial charge in [0.05, 0.1) is 17.6 Å². The van der Waals surface area contributed by atoms with Crippen LogP contribution >= 0.6 is 11.6 Å². The van der Waals surface area contributed by atoms with Gasteiger partial charge in [0.2, 0.25) is 0 Å². The summed E-state index contributed by atoms with van der Waals surface area (Å²) in [4.78, 5) is 35.4. The zero-order valence-corrected chi connectivity index (χ0v) is 16.6. The van der Waals surface area contributed by atoms with E-state index in [1.807, 2.05) is 0 Å². The van der Waals surface area contributed by atoms with Gasteiger partial charge in [-0.05, 0) is 27.7 Å². The van der Waals surface area contributed by atoms with Crippen LogP contribution in [0.25, 0.3) is 0 Å². The summed E-state index contributed by atoms with van der Waals surface area (Å²) in [6.45, 7) is 6.02. The van der Waals surface area contributed by atoms with Crippen molar-refractivity contribution in [2.45, 2.75) is 58.7 Å². The minimum Gasteiger partial charge on any atom is -0.459 e. The summed E-state index contributed by atoms with van der Waals surface area (Å²) in [6.07, 6.45) is -1.63. The molecule has 12 heteroatoms. The fraction of sp³-hybridized carbons (Fsp3) is 0.688. The van der Waals surface area contributed by atoms with Gasteiger partial charge in [0, 0.05) is 12.8 Å². The molecule has 1 heterocycles. The smallest absolute Gasteiger partial charge is 0.396 e. The van der Waals surface area contributed by atoms with E-state index in [0.717, 1.165) is 4.68 Å². The Kier molecular flexibility index (Phi) is 5.98. The maximum absolute atomic E-state index is 13.6. The molecule has 1 amide bonds. The Morgan fingerprint density at radius 3 is 2.36 bits per heavy atom. The lowest BCUT2D eigenvalue weighted by Gasteiger charge is -2.46. The van der Waals surface area contributed by atoms with Crippen LogP contribution in [0.5, 0.6) is 0 Å². The summed E-state index contributed by atoms with van der Waals surface area (Å²) < 4.78 is 37.8. The molecule has 1 fully saturated rings. The number of esters is 2. The fourth-order valence-electron chi connectivity index (χ4n) is 2.62. The van der Waals surface area contributed by atoms with Crippen molar-refractivity contribution in [2.24, 2.45) is 5.41 Å². The molecule has 1 aliphatic carbocycles. The number of hydrogen-bond donors (Lipinski definition) is 1. The van der Waals surface area contributed by atoms with Gasteiger partial charge < -0.3 is 14.8 Å². The van der Waals surface area contributed by atoms with Gasteiger partial charge in [-0.2, -0.15) is 4.68 Å². The van der Waals surface area contributed by atoms with Crippen molar-refractivity contribution < 1.29 is 32.6 Å². The Bertz CT molecular complexity index is 782. The van der Waals surface area contributed by atoms with Crippen LogP contribution in [0.1, 0.15) is 46.2 Å². The highest BCUT2D eigenvalue weighted by molar-refractivity contribution is 6.33. The molecule has 1 saturated carbocycles. The minimum atomic E-state index is -3.08. The lowest BCUT2D eigenvalue weighted by Crippen LogP contribution is -2.61. The van der Waals surface area contributed by atoms with Gasteiger partial charge in [-0.3, -0.25) is 9.59 Å². The molecule has 0 aromatic carbocycles. The molecule has 9 nitrogen and oxygen atoms in total. The average molecular weight is 423 g/mol. The van der Waals surface area contributed by atoms with Crippen LogP contribution in [0.2, 0.25) is 5.15 Å². The first-order chi connectivity index (χ1) is 12.8. The summed E-state index contributed by atoms with van der Waals surface area (Å²) in [5.41, 5.74) is -2.60. The maximum atomic E-state index is 13.6. The number of nitrogens with one attached hydrogen (secondary N) is 1. The molecule has 1 N–H and O–H groups in total. The van der Waals surface area contributed by atoms with E-state index in [0.29, 0.717) is 0 Å². The van der Waals surface area contributed by atoms with Crippen LogP contribution in [-0.4, -0.2) is 45.4 Å². The van der Waals surface area contributed by atoms with Crippen molar-refractivity contribution in [3.05, 3.63) is 10.8 Å². The number of hydrogen-bond acceptors (Lipinski definition) is 7. The third kappa shape index (κ3) is 4.57. The van der Waals surface area contributed by atoms with Crippen LogP contribution < -0.4 is 5.32 Å². The number of aromatic nitrogens is 3. The van der Waals surface area contributed by atoms with Gasteiger partial charge in [-0.1, -0.05) is 16.8 Å². The van der Waals surface area contributed by atoms with E-state index in [2.05, 4.69) is 20.4 Å². The van der Waals surface area contributed by atoms with Gasteiger partial charge in [-0.25, -0.2) is 13.6 Å². The van der Waals surface area contributed by atoms with Gasteiger partial charge in [0.25, 0.3) is 5.92 Å². The largest absolute Gasteiger partial charge is 0.459 e. The number of alkyl halides is 2. The van der Waals surface area contributed by atoms with Crippen LogP contribution in [0.3, 0.4) is 0 Å². The molecule has 0 atom stereocenters. The Morgan fingerprint density at radius 2 is 1.86 bits per heavy atom. The molecule has 156 valence electrons. The van der Waals surface area contributed by atoms with Gasteiger partial charge >= 0.3 is 17.8 Å². The lowest BCUT2D eigenvalue weighted by atomic mass is 9.71. The molecule has 0 saturated heterocycles. The molecule has 1 aromatic rings. The first-order valence-electron chi connectivity index (χ1n) is 8.45. The first-order valence-corrected chi connectivity index (χ1v) is 8.83. The highest BCUT2D eigenvalue weighted by Gasteiger charge is 2.61. The molecule has 0 radical (unpaired) electrons. The average Bonchev–Trinajstić information content (AvgIpc) is 2.91. The third-order valence-electron chi connectivity index (χ3n) is 3.99. The second-order valence-corrected chi connectivity index (χ2v) is 7.86. The van der Waals surface area contributed by atoms with E-state index in [1.165, 1.54) is 6.92 Å². The van der Waals surface area contributed by atoms with Crippen molar-refractivity contribution >= 4 is 29.4 Å². The number of carbonyl (C=O) groups excluding carboxylic acids is 3. The highest BCUT2D eigenvalue weighted by Crippen LogP contribution is 2.52. The van der Waals surface area contributed by atoms with E-state index in [-0.39, 0.29) is 24.2 Å². The summed E-state index contributed by atoms with van der Waals surface area (Å²) >= 11 is 6.17. The topological polar surface area (TPSA) is 112 Å². The minimum absolute atomic E-state index is 0.0501. The number of carbonyl (C=O) groups is 3. The van der Waals surface area contributed by atoms with Crippen LogP contribution in [-0.2, 0) is 36.1 Å². The predicted molar refractivity (Wildman–Crippen MR) is 91.2 cm³/mol. The summed E-state index contributed by atoms with van der Waals surface area (Å²) in [5, 5.41) is 9.50. The number of nitrogens with zero attached hydrogens (tertiary/aromatic N) is 3. The normalized spacial score (nSPS) is 17.4. The quantitative estimate of drug-likeness (QED) is 0.568. The number of amides is 1. The standard InChI is InChI=1S/C16H21ClF2N4O5/c1-5-27-12(25)11(24)20-15(6-16(18,19)7-15)9-10(17)23(22-21-9)8-28-13(26)14(2,3)4/h5-8H2,1-4H3,(H,20,24). The molecule has 1 aliphatic rings. The fourth-order valence-corrected chi connectivity index (χ4v) is 2.93. The molecule has 0 unspecified atom stereocenters. The SMILES string of the molecule is CCOC(=O)C(=O)NC1(c2nnn(COC(=O)C(C)(C)C)c2Cl)CC(F)(F)C1. The molecule has 0 aliphatic heterocycles. The second kappa shape index (κ2) is 7.61. The Labute approximate surface area is 164 Å². The zero-order valence-electron chi connectivity index (χ0n) is 15.8. The summed E-state index contributed by atoms with van der Waals surface area (Å²) in [6, 6.07) is 0. The van der Waals surface area contributed by atoms with Gasteiger partial charge in [0.1, 0.15) is 5.69 Å². The molecule has 0 spiro atoms. The Hall–Kier alpha value is -2.30. The number of rotatable bonds is 5. The molecular weight excluding hydrogens is 402 g/mol.